The summed E-state index contributed by atoms with van der Waals surface area (Å²) in [5, 5.41) is 14.8. The number of rotatable bonds is 7. The van der Waals surface area contributed by atoms with Crippen LogP contribution in [0.5, 0.6) is 0 Å². The van der Waals surface area contributed by atoms with E-state index in [4.69, 9.17) is 16.3 Å². The topological polar surface area (TPSA) is 113 Å². The van der Waals surface area contributed by atoms with Crippen molar-refractivity contribution in [2.75, 3.05) is 25.9 Å². The number of hydrogen-bond acceptors (Lipinski definition) is 7. The number of aliphatic hydroxyl groups is 1. The third-order valence-electron chi connectivity index (χ3n) is 7.90. The maximum Gasteiger partial charge on any atom is 0.343 e. The molecule has 0 saturated carbocycles. The molecule has 0 aromatic heterocycles. The van der Waals surface area contributed by atoms with Crippen molar-refractivity contribution in [2.24, 2.45) is 0 Å². The number of piperidine rings is 1. The van der Waals surface area contributed by atoms with Gasteiger partial charge in [0.1, 0.15) is 5.57 Å². The molecular weight excluding hydrogens is 611 g/mol. The Morgan fingerprint density at radius 2 is 1.84 bits per heavy atom. The zero-order valence-electron chi connectivity index (χ0n) is 24.1. The Morgan fingerprint density at radius 1 is 1.12 bits per heavy atom. The van der Waals surface area contributed by atoms with Crippen LogP contribution in [0.2, 0.25) is 5.02 Å². The van der Waals surface area contributed by atoms with E-state index in [2.05, 4.69) is 5.32 Å². The first kappa shape index (κ1) is 32.5. The third-order valence-corrected chi connectivity index (χ3v) is 9.32. The van der Waals surface area contributed by atoms with Gasteiger partial charge in [0.15, 0.2) is 21.2 Å². The molecule has 8 nitrogen and oxygen atoms in total. The zero-order chi connectivity index (χ0) is 30.2. The van der Waals surface area contributed by atoms with Gasteiger partial charge in [-0.05, 0) is 79.8 Å². The third kappa shape index (κ3) is 6.75. The second kappa shape index (κ2) is 12.7. The van der Waals surface area contributed by atoms with E-state index in [0.717, 1.165) is 11.8 Å². The summed E-state index contributed by atoms with van der Waals surface area (Å²) in [4.78, 5) is 28.1. The number of benzene rings is 3. The summed E-state index contributed by atoms with van der Waals surface area (Å²) >= 11 is 6.66. The Labute approximate surface area is 263 Å². The van der Waals surface area contributed by atoms with E-state index in [1.54, 1.807) is 37.3 Å². The van der Waals surface area contributed by atoms with Crippen molar-refractivity contribution in [2.45, 2.75) is 43.2 Å². The molecule has 2 N–H and O–H groups in total. The zero-order valence-corrected chi connectivity index (χ0v) is 26.5. The minimum Gasteiger partial charge on any atom is -0.507 e. The number of aryl methyl sites for hydroxylation is 1. The van der Waals surface area contributed by atoms with Gasteiger partial charge in [-0.3, -0.25) is 9.69 Å². The Kier molecular flexibility index (Phi) is 9.61. The molecule has 2 heterocycles. The molecule has 3 aromatic carbocycles. The van der Waals surface area contributed by atoms with Gasteiger partial charge < -0.3 is 15.2 Å². The number of aliphatic hydroxyl groups excluding tert-OH is 1. The number of hydrogen-bond donors (Lipinski definition) is 2. The summed E-state index contributed by atoms with van der Waals surface area (Å²) < 4.78 is 30.0. The van der Waals surface area contributed by atoms with Crippen molar-refractivity contribution in [1.29, 1.82) is 0 Å². The van der Waals surface area contributed by atoms with E-state index in [-0.39, 0.29) is 53.7 Å². The Morgan fingerprint density at radius 3 is 2.53 bits per heavy atom. The smallest absolute Gasteiger partial charge is 0.343 e. The van der Waals surface area contributed by atoms with E-state index in [9.17, 15) is 23.1 Å². The fraction of sp³-hybridized carbons (Fsp3) is 0.312. The number of carbonyl (C=O) groups is 2. The van der Waals surface area contributed by atoms with Crippen LogP contribution in [0, 0.1) is 6.92 Å². The first-order valence-corrected chi connectivity index (χ1v) is 16.0. The molecule has 1 fully saturated rings. The van der Waals surface area contributed by atoms with Gasteiger partial charge in [-0.1, -0.05) is 54.1 Å². The maximum absolute atomic E-state index is 13.2. The molecule has 5 rings (SSSR count). The van der Waals surface area contributed by atoms with Crippen molar-refractivity contribution in [3.8, 4) is 11.1 Å². The molecule has 1 saturated heterocycles. The van der Waals surface area contributed by atoms with E-state index >= 15 is 0 Å². The van der Waals surface area contributed by atoms with Crippen LogP contribution in [-0.2, 0) is 24.2 Å². The molecule has 228 valence electrons. The summed E-state index contributed by atoms with van der Waals surface area (Å²) in [6, 6.07) is 19.4. The van der Waals surface area contributed by atoms with Crippen LogP contribution in [0.25, 0.3) is 16.7 Å². The summed E-state index contributed by atoms with van der Waals surface area (Å²) in [6.07, 6.45) is 2.19. The Balaban J connectivity index is 0.00000423. The molecule has 0 radical (unpaired) electrons. The summed E-state index contributed by atoms with van der Waals surface area (Å²) in [5.41, 5.74) is 2.12. The van der Waals surface area contributed by atoms with E-state index < -0.39 is 21.4 Å². The van der Waals surface area contributed by atoms with Crippen LogP contribution in [-0.4, -0.2) is 61.8 Å². The number of nitrogens with one attached hydrogen (secondary N) is 1. The van der Waals surface area contributed by atoms with Gasteiger partial charge in [0.05, 0.1) is 17.5 Å². The number of nitrogens with zero attached hydrogens (tertiary/aromatic N) is 1. The Hall–Kier alpha value is -3.37. The molecule has 0 bridgehead atoms. The molecular formula is C32H34Cl2N2O6S. The highest BCUT2D eigenvalue weighted by Crippen LogP contribution is 2.44. The van der Waals surface area contributed by atoms with Gasteiger partial charge in [-0.25, -0.2) is 13.2 Å². The SMILES string of the molecule is Cc1cc(-c2cccc(S(C)(=O)=O)c2)c(Cl)cc1C1=C(O)C2(CCCN(CC(=O)NC(C)c3ccccc3)C2)OC1=O.Cl. The quantitative estimate of drug-likeness (QED) is 0.318. The molecule has 0 aliphatic carbocycles. The fourth-order valence-corrected chi connectivity index (χ4v) is 6.68. The largest absolute Gasteiger partial charge is 0.507 e. The van der Waals surface area contributed by atoms with Crippen molar-refractivity contribution in [3.63, 3.8) is 0 Å². The van der Waals surface area contributed by atoms with Gasteiger partial charge in [0, 0.05) is 23.4 Å². The lowest BCUT2D eigenvalue weighted by molar-refractivity contribution is -0.152. The summed E-state index contributed by atoms with van der Waals surface area (Å²) in [6.45, 7) is 4.63. The summed E-state index contributed by atoms with van der Waals surface area (Å²) in [7, 11) is -3.41. The molecule has 43 heavy (non-hydrogen) atoms. The Bertz CT molecular complexity index is 1690. The lowest BCUT2D eigenvalue weighted by Gasteiger charge is -2.38. The molecule has 2 aliphatic heterocycles. The standard InChI is InChI=1S/C32H33ClN2O6S.ClH/c1-20-15-26(23-11-7-12-24(16-23)42(3,39)40)27(33)17-25(20)29-30(37)32(41-31(29)38)13-8-14-35(19-32)18-28(36)34-21(2)22-9-5-4-6-10-22;/h4-7,9-12,15-17,21,37H,8,13-14,18-19H2,1-3H3,(H,34,36);1H. The van der Waals surface area contributed by atoms with Gasteiger partial charge in [-0.15, -0.1) is 12.4 Å². The first-order chi connectivity index (χ1) is 19.9. The van der Waals surface area contributed by atoms with Crippen LogP contribution < -0.4 is 5.32 Å². The maximum atomic E-state index is 13.2. The highest BCUT2D eigenvalue weighted by molar-refractivity contribution is 7.90. The van der Waals surface area contributed by atoms with E-state index in [0.29, 0.717) is 46.7 Å². The van der Waals surface area contributed by atoms with Crippen molar-refractivity contribution in [1.82, 2.24) is 10.2 Å². The van der Waals surface area contributed by atoms with Crippen LogP contribution in [0.1, 0.15) is 42.5 Å². The molecule has 1 spiro atoms. The number of sulfone groups is 1. The average Bonchev–Trinajstić information content (AvgIpc) is 3.17. The molecule has 2 aliphatic rings. The van der Waals surface area contributed by atoms with E-state index in [1.807, 2.05) is 42.2 Å². The van der Waals surface area contributed by atoms with E-state index in [1.165, 1.54) is 6.07 Å². The number of amides is 1. The average molecular weight is 646 g/mol. The summed E-state index contributed by atoms with van der Waals surface area (Å²) in [5.74, 6) is -0.974. The first-order valence-electron chi connectivity index (χ1n) is 13.7. The second-order valence-corrected chi connectivity index (χ2v) is 13.5. The van der Waals surface area contributed by atoms with Gasteiger partial charge in [0.2, 0.25) is 5.91 Å². The number of esters is 1. The van der Waals surface area contributed by atoms with Crippen molar-refractivity contribution in [3.05, 3.63) is 94.2 Å². The van der Waals surface area contributed by atoms with Crippen LogP contribution in [0.15, 0.2) is 77.4 Å². The van der Waals surface area contributed by atoms with Crippen LogP contribution in [0.3, 0.4) is 0 Å². The lowest BCUT2D eigenvalue weighted by Crippen LogP contribution is -2.52. The van der Waals surface area contributed by atoms with Crippen molar-refractivity contribution < 1.29 is 27.9 Å². The second-order valence-electron chi connectivity index (χ2n) is 11.1. The fourth-order valence-electron chi connectivity index (χ4n) is 5.74. The minimum atomic E-state index is -3.41. The number of halogens is 2. The highest BCUT2D eigenvalue weighted by Gasteiger charge is 2.51. The number of carbonyl (C=O) groups excluding carboxylic acids is 2. The van der Waals surface area contributed by atoms with Crippen molar-refractivity contribution >= 4 is 51.3 Å². The number of likely N-dealkylation sites (tertiary alicyclic amines) is 1. The lowest BCUT2D eigenvalue weighted by atomic mass is 9.87. The predicted octanol–water partition coefficient (Wildman–Crippen LogP) is 5.68. The normalized spacial score (nSPS) is 19.6. The van der Waals surface area contributed by atoms with Gasteiger partial charge in [-0.2, -0.15) is 0 Å². The predicted molar refractivity (Wildman–Crippen MR) is 169 cm³/mol. The highest BCUT2D eigenvalue weighted by atomic mass is 35.5. The minimum absolute atomic E-state index is 0. The van der Waals surface area contributed by atoms with Crippen LogP contribution in [0.4, 0.5) is 0 Å². The van der Waals surface area contributed by atoms with Gasteiger partial charge in [0.25, 0.3) is 0 Å². The molecule has 11 heteroatoms. The molecule has 2 atom stereocenters. The van der Waals surface area contributed by atoms with Gasteiger partial charge >= 0.3 is 5.97 Å². The molecule has 3 aromatic rings. The molecule has 1 amide bonds. The monoisotopic (exact) mass is 644 g/mol. The van der Waals surface area contributed by atoms with Crippen LogP contribution >= 0.6 is 24.0 Å². The number of ether oxygens (including phenoxy) is 1. The molecule has 2 unspecified atom stereocenters.